The van der Waals surface area contributed by atoms with Crippen LogP contribution < -0.4 is 15.4 Å². The summed E-state index contributed by atoms with van der Waals surface area (Å²) in [6.07, 6.45) is 0. The van der Waals surface area contributed by atoms with Gasteiger partial charge in [0.25, 0.3) is 0 Å². The van der Waals surface area contributed by atoms with Gasteiger partial charge in [0.15, 0.2) is 0 Å². The van der Waals surface area contributed by atoms with Crippen molar-refractivity contribution in [2.45, 2.75) is 19.0 Å². The minimum atomic E-state index is -0.234. The molecular weight excluding hydrogens is 354 g/mol. The summed E-state index contributed by atoms with van der Waals surface area (Å²) in [5.41, 5.74) is 2.92. The first kappa shape index (κ1) is 19.7. The molecule has 2 unspecified atom stereocenters. The summed E-state index contributed by atoms with van der Waals surface area (Å²) in [5.74, 6) is 1.53. The number of hydrogen-bond acceptors (Lipinski definition) is 4. The number of imidazole rings is 1. The third-order valence-electron chi connectivity index (χ3n) is 4.72. The number of H-pyrrole nitrogens is 1. The molecule has 0 spiro atoms. The highest BCUT2D eigenvalue weighted by Gasteiger charge is 2.18. The van der Waals surface area contributed by atoms with Crippen LogP contribution in [0.2, 0.25) is 0 Å². The van der Waals surface area contributed by atoms with Crippen LogP contribution in [0.4, 0.5) is 4.79 Å². The molecule has 0 fully saturated rings. The zero-order chi connectivity index (χ0) is 20.1. The summed E-state index contributed by atoms with van der Waals surface area (Å²) in [7, 11) is 5.62. The minimum Gasteiger partial charge on any atom is -0.497 e. The summed E-state index contributed by atoms with van der Waals surface area (Å²) in [5, 5.41) is 5.90. The smallest absolute Gasteiger partial charge is 0.315 e. The molecule has 2 aromatic carbocycles. The molecule has 1 heterocycles. The van der Waals surface area contributed by atoms with Crippen LogP contribution in [0.5, 0.6) is 5.75 Å². The Morgan fingerprint density at radius 2 is 2.00 bits per heavy atom. The Hall–Kier alpha value is -3.06. The topological polar surface area (TPSA) is 82.3 Å². The number of aromatic amines is 1. The third kappa shape index (κ3) is 4.61. The molecule has 0 aliphatic carbocycles. The SMILES string of the molecule is COc1cccc(C(CNC(=O)NC(C)c2nc3ccccc3[nH]2)N(C)C)c1. The van der Waals surface area contributed by atoms with Gasteiger partial charge in [-0.05, 0) is 50.8 Å². The third-order valence-corrected chi connectivity index (χ3v) is 4.72. The zero-order valence-electron chi connectivity index (χ0n) is 16.7. The Labute approximate surface area is 165 Å². The molecule has 0 aliphatic rings. The quantitative estimate of drug-likeness (QED) is 0.587. The molecule has 0 saturated carbocycles. The first-order chi connectivity index (χ1) is 13.5. The molecule has 3 rings (SSSR count). The van der Waals surface area contributed by atoms with Crippen molar-refractivity contribution in [2.75, 3.05) is 27.7 Å². The van der Waals surface area contributed by atoms with Crippen molar-refractivity contribution in [2.24, 2.45) is 0 Å². The fourth-order valence-electron chi connectivity index (χ4n) is 3.13. The van der Waals surface area contributed by atoms with Gasteiger partial charge >= 0.3 is 6.03 Å². The molecule has 0 radical (unpaired) electrons. The lowest BCUT2D eigenvalue weighted by atomic mass is 10.1. The van der Waals surface area contributed by atoms with Crippen molar-refractivity contribution in [3.8, 4) is 5.75 Å². The maximum Gasteiger partial charge on any atom is 0.315 e. The molecule has 148 valence electrons. The lowest BCUT2D eigenvalue weighted by molar-refractivity contribution is 0.229. The number of hydrogen-bond donors (Lipinski definition) is 3. The zero-order valence-corrected chi connectivity index (χ0v) is 16.7. The van der Waals surface area contributed by atoms with Gasteiger partial charge in [-0.25, -0.2) is 9.78 Å². The average Bonchev–Trinajstić information content (AvgIpc) is 3.12. The average molecular weight is 381 g/mol. The van der Waals surface area contributed by atoms with Crippen molar-refractivity contribution >= 4 is 17.1 Å². The summed E-state index contributed by atoms with van der Waals surface area (Å²) in [6, 6.07) is 15.2. The Kier molecular flexibility index (Phi) is 6.16. The van der Waals surface area contributed by atoms with E-state index < -0.39 is 0 Å². The fraction of sp³-hybridized carbons (Fsp3) is 0.333. The summed E-state index contributed by atoms with van der Waals surface area (Å²) >= 11 is 0. The number of benzene rings is 2. The molecule has 1 aromatic heterocycles. The van der Waals surface area contributed by atoms with Gasteiger partial charge in [0.2, 0.25) is 0 Å². The Balaban J connectivity index is 1.61. The number of amides is 2. The van der Waals surface area contributed by atoms with Crippen molar-refractivity contribution in [3.05, 3.63) is 59.9 Å². The standard InChI is InChI=1S/C21H27N5O2/c1-14(20-24-17-10-5-6-11-18(17)25-20)23-21(27)22-13-19(26(2)3)15-8-7-9-16(12-15)28-4/h5-12,14,19H,13H2,1-4H3,(H,24,25)(H2,22,23,27). The Morgan fingerprint density at radius 1 is 1.21 bits per heavy atom. The first-order valence-corrected chi connectivity index (χ1v) is 9.27. The van der Waals surface area contributed by atoms with Gasteiger partial charge in [0.05, 0.1) is 30.2 Å². The summed E-state index contributed by atoms with van der Waals surface area (Å²) in [6.45, 7) is 2.38. The van der Waals surface area contributed by atoms with E-state index in [4.69, 9.17) is 4.74 Å². The summed E-state index contributed by atoms with van der Waals surface area (Å²) in [4.78, 5) is 22.3. The van der Waals surface area contributed by atoms with Crippen LogP contribution in [0.3, 0.4) is 0 Å². The molecule has 3 aromatic rings. The van der Waals surface area contributed by atoms with Crippen molar-refractivity contribution in [3.63, 3.8) is 0 Å². The maximum absolute atomic E-state index is 12.4. The van der Waals surface area contributed by atoms with E-state index in [0.717, 1.165) is 28.2 Å². The van der Waals surface area contributed by atoms with Gasteiger partial charge in [-0.3, -0.25) is 0 Å². The molecule has 28 heavy (non-hydrogen) atoms. The van der Waals surface area contributed by atoms with E-state index in [2.05, 4.69) is 25.5 Å². The maximum atomic E-state index is 12.4. The van der Waals surface area contributed by atoms with E-state index in [1.165, 1.54) is 0 Å². The highest BCUT2D eigenvalue weighted by atomic mass is 16.5. The minimum absolute atomic E-state index is 0.0300. The number of nitrogens with one attached hydrogen (secondary N) is 3. The van der Waals surface area contributed by atoms with Crippen molar-refractivity contribution in [1.82, 2.24) is 25.5 Å². The molecule has 7 nitrogen and oxygen atoms in total. The highest BCUT2D eigenvalue weighted by molar-refractivity contribution is 5.76. The molecule has 2 amide bonds. The van der Waals surface area contributed by atoms with Gasteiger partial charge in [-0.2, -0.15) is 0 Å². The molecule has 0 aliphatic heterocycles. The molecular formula is C21H27N5O2. The van der Waals surface area contributed by atoms with E-state index in [9.17, 15) is 4.79 Å². The van der Waals surface area contributed by atoms with Crippen LogP contribution in [0.25, 0.3) is 11.0 Å². The van der Waals surface area contributed by atoms with Crippen LogP contribution in [0.15, 0.2) is 48.5 Å². The number of urea groups is 1. The van der Waals surface area contributed by atoms with Crippen LogP contribution in [-0.4, -0.2) is 48.6 Å². The largest absolute Gasteiger partial charge is 0.497 e. The molecule has 2 atom stereocenters. The molecule has 0 bridgehead atoms. The van der Waals surface area contributed by atoms with Crippen LogP contribution >= 0.6 is 0 Å². The molecule has 7 heteroatoms. The number of ether oxygens (including phenoxy) is 1. The second-order valence-electron chi connectivity index (χ2n) is 6.97. The van der Waals surface area contributed by atoms with Gasteiger partial charge in [0, 0.05) is 6.54 Å². The summed E-state index contributed by atoms with van der Waals surface area (Å²) < 4.78 is 5.31. The van der Waals surface area contributed by atoms with Gasteiger partial charge < -0.3 is 25.3 Å². The molecule has 3 N–H and O–H groups in total. The lowest BCUT2D eigenvalue weighted by Gasteiger charge is -2.25. The van der Waals surface area contributed by atoms with E-state index in [-0.39, 0.29) is 18.1 Å². The number of para-hydroxylation sites is 2. The molecule has 0 saturated heterocycles. The monoisotopic (exact) mass is 381 g/mol. The number of carbonyl (C=O) groups is 1. The van der Waals surface area contributed by atoms with E-state index in [0.29, 0.717) is 6.54 Å². The second kappa shape index (κ2) is 8.75. The first-order valence-electron chi connectivity index (χ1n) is 9.27. The number of aromatic nitrogens is 2. The Bertz CT molecular complexity index is 904. The highest BCUT2D eigenvalue weighted by Crippen LogP contribution is 2.22. The normalized spacial score (nSPS) is 13.3. The predicted molar refractivity (Wildman–Crippen MR) is 110 cm³/mol. The van der Waals surface area contributed by atoms with Gasteiger partial charge in [0.1, 0.15) is 11.6 Å². The fourth-order valence-corrected chi connectivity index (χ4v) is 3.13. The number of likely N-dealkylation sites (N-methyl/N-ethyl adjacent to an activating group) is 1. The second-order valence-corrected chi connectivity index (χ2v) is 6.97. The number of rotatable bonds is 7. The van der Waals surface area contributed by atoms with E-state index >= 15 is 0 Å². The lowest BCUT2D eigenvalue weighted by Crippen LogP contribution is -2.41. The van der Waals surface area contributed by atoms with Gasteiger partial charge in [-0.15, -0.1) is 0 Å². The van der Waals surface area contributed by atoms with Crippen molar-refractivity contribution < 1.29 is 9.53 Å². The number of methoxy groups -OCH3 is 1. The van der Waals surface area contributed by atoms with Crippen LogP contribution in [0.1, 0.15) is 30.4 Å². The van der Waals surface area contributed by atoms with Crippen LogP contribution in [-0.2, 0) is 0 Å². The number of nitrogens with zero attached hydrogens (tertiary/aromatic N) is 2. The van der Waals surface area contributed by atoms with E-state index in [1.807, 2.05) is 69.6 Å². The predicted octanol–water partition coefficient (Wildman–Crippen LogP) is 3.23. The van der Waals surface area contributed by atoms with Crippen molar-refractivity contribution in [1.29, 1.82) is 0 Å². The van der Waals surface area contributed by atoms with Crippen LogP contribution in [0, 0.1) is 0 Å². The van der Waals surface area contributed by atoms with Gasteiger partial charge in [-0.1, -0.05) is 24.3 Å². The number of carbonyl (C=O) groups excluding carboxylic acids is 1. The Morgan fingerprint density at radius 3 is 2.71 bits per heavy atom. The van der Waals surface area contributed by atoms with E-state index in [1.54, 1.807) is 7.11 Å². The number of fused-ring (bicyclic) bond motifs is 1.